The summed E-state index contributed by atoms with van der Waals surface area (Å²) in [6.07, 6.45) is 1.93. The first-order valence-electron chi connectivity index (χ1n) is 18.3. The number of para-hydroxylation sites is 2. The van der Waals surface area contributed by atoms with Crippen molar-refractivity contribution in [3.8, 4) is 45.1 Å². The zero-order chi connectivity index (χ0) is 35.6. The van der Waals surface area contributed by atoms with Crippen molar-refractivity contribution < 1.29 is 0 Å². The van der Waals surface area contributed by atoms with Crippen molar-refractivity contribution in [1.82, 2.24) is 19.1 Å². The maximum Gasteiger partial charge on any atom is 0.138 e. The van der Waals surface area contributed by atoms with Gasteiger partial charge in [-0.25, -0.2) is 9.97 Å². The normalized spacial score (nSPS) is 11.7. The third-order valence-electron chi connectivity index (χ3n) is 10.8. The van der Waals surface area contributed by atoms with E-state index in [9.17, 15) is 0 Å². The summed E-state index contributed by atoms with van der Waals surface area (Å²) in [5.74, 6) is 1.77. The number of fused-ring (bicyclic) bond motifs is 9. The van der Waals surface area contributed by atoms with Crippen LogP contribution in [0.3, 0.4) is 0 Å². The lowest BCUT2D eigenvalue weighted by molar-refractivity contribution is 1.08. The number of pyridine rings is 2. The Morgan fingerprint density at radius 2 is 0.759 bits per heavy atom. The molecule has 0 fully saturated rings. The van der Waals surface area contributed by atoms with Gasteiger partial charge in [-0.2, -0.15) is 0 Å². The van der Waals surface area contributed by atoms with Gasteiger partial charge in [0.05, 0.1) is 27.8 Å². The van der Waals surface area contributed by atoms with E-state index in [1.807, 2.05) is 6.20 Å². The van der Waals surface area contributed by atoms with Crippen LogP contribution in [0.15, 0.2) is 194 Å². The average Bonchev–Trinajstić information content (AvgIpc) is 3.78. The van der Waals surface area contributed by atoms with Crippen LogP contribution < -0.4 is 0 Å². The summed E-state index contributed by atoms with van der Waals surface area (Å²) in [7, 11) is 0. The molecule has 0 N–H and O–H groups in total. The highest BCUT2D eigenvalue weighted by Crippen LogP contribution is 2.42. The fraction of sp³-hybridized carbons (Fsp3) is 0. The first-order chi connectivity index (χ1) is 26.8. The van der Waals surface area contributed by atoms with Gasteiger partial charge in [0, 0.05) is 44.1 Å². The van der Waals surface area contributed by atoms with Crippen molar-refractivity contribution in [2.45, 2.75) is 0 Å². The van der Waals surface area contributed by atoms with Gasteiger partial charge in [-0.15, -0.1) is 0 Å². The zero-order valence-electron chi connectivity index (χ0n) is 29.3. The molecule has 0 aliphatic rings. The highest BCUT2D eigenvalue weighted by Gasteiger charge is 2.21. The van der Waals surface area contributed by atoms with Crippen LogP contribution in [0.25, 0.3) is 99.5 Å². The second-order valence-corrected chi connectivity index (χ2v) is 13.8. The average molecular weight is 689 g/mol. The van der Waals surface area contributed by atoms with Crippen LogP contribution in [-0.2, 0) is 0 Å². The minimum absolute atomic E-state index is 0.881. The molecule has 0 aliphatic heterocycles. The van der Waals surface area contributed by atoms with E-state index >= 15 is 0 Å². The second kappa shape index (κ2) is 12.1. The molecule has 0 amide bonds. The molecule has 11 aromatic rings. The lowest BCUT2D eigenvalue weighted by Crippen LogP contribution is -2.01. The van der Waals surface area contributed by atoms with Crippen LogP contribution in [-0.4, -0.2) is 19.1 Å². The van der Waals surface area contributed by atoms with Crippen molar-refractivity contribution in [2.24, 2.45) is 0 Å². The van der Waals surface area contributed by atoms with Crippen molar-refractivity contribution in [3.63, 3.8) is 0 Å². The third-order valence-corrected chi connectivity index (χ3v) is 10.8. The van der Waals surface area contributed by atoms with Crippen molar-refractivity contribution in [3.05, 3.63) is 194 Å². The standard InChI is InChI=1S/C50H32N4/c1-4-14-33(15-5-1)36-28-29-51-47(31-36)53-45-22-12-10-20-38(45)40-24-27-43-42(49(40)53)26-25-41-39-21-11-13-23-46(39)54(50(41)43)48-32-37(34-16-6-2-7-17-34)30-44(52-48)35-18-8-3-9-19-35/h1-32H. The Morgan fingerprint density at radius 1 is 0.315 bits per heavy atom. The number of hydrogen-bond acceptors (Lipinski definition) is 2. The highest BCUT2D eigenvalue weighted by atomic mass is 15.1. The van der Waals surface area contributed by atoms with Crippen LogP contribution in [0.4, 0.5) is 0 Å². The molecule has 11 rings (SSSR count). The summed E-state index contributed by atoms with van der Waals surface area (Å²) in [5, 5.41) is 7.11. The van der Waals surface area contributed by atoms with E-state index in [4.69, 9.17) is 9.97 Å². The van der Waals surface area contributed by atoms with Crippen LogP contribution in [0, 0.1) is 0 Å². The van der Waals surface area contributed by atoms with E-state index in [-0.39, 0.29) is 0 Å². The Kier molecular flexibility index (Phi) is 6.82. The summed E-state index contributed by atoms with van der Waals surface area (Å²) < 4.78 is 4.72. The Bertz CT molecular complexity index is 3140. The van der Waals surface area contributed by atoms with Crippen molar-refractivity contribution in [2.75, 3.05) is 0 Å². The Hall–Kier alpha value is -7.30. The SMILES string of the molecule is c1ccc(-c2ccnc(-n3c4ccccc4c4ccc5c(ccc6c7ccccc7n(-c7cc(-c8ccccc8)cc(-c8ccccc8)n7)c65)c43)c2)cc1. The summed E-state index contributed by atoms with van der Waals surface area (Å²) in [4.78, 5) is 10.4. The summed E-state index contributed by atoms with van der Waals surface area (Å²) in [6, 6.07) is 66.9. The van der Waals surface area contributed by atoms with Gasteiger partial charge in [-0.1, -0.05) is 152 Å². The third kappa shape index (κ3) is 4.70. The molecular weight excluding hydrogens is 657 g/mol. The number of rotatable bonds is 5. The van der Waals surface area contributed by atoms with E-state index in [2.05, 4.69) is 197 Å². The maximum atomic E-state index is 5.43. The molecule has 54 heavy (non-hydrogen) atoms. The first-order valence-corrected chi connectivity index (χ1v) is 18.3. The topological polar surface area (TPSA) is 35.6 Å². The van der Waals surface area contributed by atoms with Gasteiger partial charge in [-0.3, -0.25) is 9.13 Å². The second-order valence-electron chi connectivity index (χ2n) is 13.8. The smallest absolute Gasteiger partial charge is 0.138 e. The fourth-order valence-electron chi connectivity index (χ4n) is 8.34. The molecule has 4 heteroatoms. The number of aromatic nitrogens is 4. The van der Waals surface area contributed by atoms with Gasteiger partial charge in [0.15, 0.2) is 0 Å². The largest absolute Gasteiger partial charge is 0.293 e. The summed E-state index contributed by atoms with van der Waals surface area (Å²) in [5.41, 5.74) is 11.1. The molecule has 7 aromatic carbocycles. The minimum atomic E-state index is 0.881. The molecule has 0 saturated heterocycles. The van der Waals surface area contributed by atoms with Crippen molar-refractivity contribution in [1.29, 1.82) is 0 Å². The predicted octanol–water partition coefficient (Wildman–Crippen LogP) is 12.8. The van der Waals surface area contributed by atoms with E-state index in [1.165, 1.54) is 21.5 Å². The molecule has 0 bridgehead atoms. The van der Waals surface area contributed by atoms with Crippen LogP contribution in [0.5, 0.6) is 0 Å². The molecule has 4 nitrogen and oxygen atoms in total. The van der Waals surface area contributed by atoms with Gasteiger partial charge >= 0.3 is 0 Å². The number of nitrogens with zero attached hydrogens (tertiary/aromatic N) is 4. The van der Waals surface area contributed by atoms with Gasteiger partial charge in [0.1, 0.15) is 11.6 Å². The van der Waals surface area contributed by atoms with Gasteiger partial charge in [0.25, 0.3) is 0 Å². The first kappa shape index (κ1) is 30.3. The number of hydrogen-bond donors (Lipinski definition) is 0. The van der Waals surface area contributed by atoms with Crippen LogP contribution >= 0.6 is 0 Å². The Labute approximate surface area is 311 Å². The Balaban J connectivity index is 1.25. The predicted molar refractivity (Wildman–Crippen MR) is 225 cm³/mol. The highest BCUT2D eigenvalue weighted by molar-refractivity contribution is 6.26. The van der Waals surface area contributed by atoms with Crippen LogP contribution in [0.2, 0.25) is 0 Å². The monoisotopic (exact) mass is 688 g/mol. The molecule has 0 aliphatic carbocycles. The Morgan fingerprint density at radius 3 is 1.33 bits per heavy atom. The van der Waals surface area contributed by atoms with Gasteiger partial charge < -0.3 is 0 Å². The quantitative estimate of drug-likeness (QED) is 0.180. The zero-order valence-corrected chi connectivity index (χ0v) is 29.3. The minimum Gasteiger partial charge on any atom is -0.293 e. The molecule has 0 unspecified atom stereocenters. The van der Waals surface area contributed by atoms with Gasteiger partial charge in [-0.05, 0) is 58.7 Å². The van der Waals surface area contributed by atoms with E-state index < -0.39 is 0 Å². The molecule has 4 aromatic heterocycles. The summed E-state index contributed by atoms with van der Waals surface area (Å²) in [6.45, 7) is 0. The lowest BCUT2D eigenvalue weighted by Gasteiger charge is -2.14. The lowest BCUT2D eigenvalue weighted by atomic mass is 10.0. The maximum absolute atomic E-state index is 5.43. The molecule has 0 radical (unpaired) electrons. The molecule has 0 saturated carbocycles. The summed E-state index contributed by atoms with van der Waals surface area (Å²) >= 11 is 0. The molecule has 0 atom stereocenters. The fourth-order valence-corrected chi connectivity index (χ4v) is 8.34. The molecule has 252 valence electrons. The molecule has 0 spiro atoms. The van der Waals surface area contributed by atoms with Gasteiger partial charge in [0.2, 0.25) is 0 Å². The van der Waals surface area contributed by atoms with E-state index in [1.54, 1.807) is 0 Å². The number of benzene rings is 7. The van der Waals surface area contributed by atoms with E-state index in [0.717, 1.165) is 78.0 Å². The molecular formula is C50H32N4. The molecule has 4 heterocycles. The van der Waals surface area contributed by atoms with Crippen LogP contribution in [0.1, 0.15) is 0 Å². The van der Waals surface area contributed by atoms with E-state index in [0.29, 0.717) is 0 Å². The van der Waals surface area contributed by atoms with Crippen molar-refractivity contribution >= 4 is 54.4 Å².